The molecule has 0 atom stereocenters. The predicted molar refractivity (Wildman–Crippen MR) is 68.9 cm³/mol. The summed E-state index contributed by atoms with van der Waals surface area (Å²) in [5, 5.41) is 0. The zero-order valence-corrected chi connectivity index (χ0v) is 10.1. The third-order valence-corrected chi connectivity index (χ3v) is 3.79. The van der Waals surface area contributed by atoms with Crippen LogP contribution in [0, 0.1) is 20.8 Å². The Bertz CT molecular complexity index is 577. The van der Waals surface area contributed by atoms with Crippen LogP contribution in [-0.4, -0.2) is 0 Å². The number of aryl methyl sites for hydroxylation is 3. The van der Waals surface area contributed by atoms with Crippen molar-refractivity contribution in [3.05, 3.63) is 58.1 Å². The summed E-state index contributed by atoms with van der Waals surface area (Å²) < 4.78 is 0. The van der Waals surface area contributed by atoms with Crippen LogP contribution in [0.5, 0.6) is 0 Å². The Morgan fingerprint density at radius 1 is 0.750 bits per heavy atom. The Hall–Kier alpha value is -1.56. The standard InChI is InChI=1S/C16H16/c1-10-5-4-6-13-14(10)9-15-11(2)7-8-12(3)16(13)15/h4-8H,9H2,1-3H3. The van der Waals surface area contributed by atoms with E-state index in [9.17, 15) is 0 Å². The molecule has 0 aliphatic heterocycles. The van der Waals surface area contributed by atoms with Crippen molar-refractivity contribution in [3.8, 4) is 11.1 Å². The van der Waals surface area contributed by atoms with Crippen molar-refractivity contribution >= 4 is 0 Å². The monoisotopic (exact) mass is 208 g/mol. The maximum Gasteiger partial charge on any atom is -0.000809 e. The van der Waals surface area contributed by atoms with Gasteiger partial charge in [0.2, 0.25) is 0 Å². The summed E-state index contributed by atoms with van der Waals surface area (Å²) in [4.78, 5) is 0. The lowest BCUT2D eigenvalue weighted by molar-refractivity contribution is 1.18. The van der Waals surface area contributed by atoms with Gasteiger partial charge in [0.25, 0.3) is 0 Å². The molecule has 0 saturated carbocycles. The second kappa shape index (κ2) is 3.21. The van der Waals surface area contributed by atoms with Gasteiger partial charge in [0.15, 0.2) is 0 Å². The topological polar surface area (TPSA) is 0 Å². The highest BCUT2D eigenvalue weighted by atomic mass is 14.3. The van der Waals surface area contributed by atoms with Gasteiger partial charge < -0.3 is 0 Å². The molecule has 80 valence electrons. The van der Waals surface area contributed by atoms with Crippen molar-refractivity contribution in [1.82, 2.24) is 0 Å². The molecule has 0 heterocycles. The Morgan fingerprint density at radius 2 is 1.44 bits per heavy atom. The lowest BCUT2D eigenvalue weighted by atomic mass is 9.97. The van der Waals surface area contributed by atoms with Gasteiger partial charge in [0.05, 0.1) is 0 Å². The van der Waals surface area contributed by atoms with Gasteiger partial charge in [-0.25, -0.2) is 0 Å². The summed E-state index contributed by atoms with van der Waals surface area (Å²) in [7, 11) is 0. The largest absolute Gasteiger partial charge is 0.0614 e. The van der Waals surface area contributed by atoms with E-state index in [1.807, 2.05) is 0 Å². The molecule has 0 amide bonds. The number of rotatable bonds is 0. The summed E-state index contributed by atoms with van der Waals surface area (Å²) in [6, 6.07) is 11.1. The molecule has 0 nitrogen and oxygen atoms in total. The van der Waals surface area contributed by atoms with Crippen molar-refractivity contribution in [1.29, 1.82) is 0 Å². The van der Waals surface area contributed by atoms with Crippen LogP contribution in [0.1, 0.15) is 27.8 Å². The lowest BCUT2D eigenvalue weighted by Gasteiger charge is -2.07. The van der Waals surface area contributed by atoms with Gasteiger partial charge in [-0.2, -0.15) is 0 Å². The number of fused-ring (bicyclic) bond motifs is 3. The average molecular weight is 208 g/mol. The summed E-state index contributed by atoms with van der Waals surface area (Å²) in [6.45, 7) is 6.66. The quantitative estimate of drug-likeness (QED) is 0.520. The maximum absolute atomic E-state index is 2.26. The highest BCUT2D eigenvalue weighted by molar-refractivity contribution is 5.81. The molecule has 0 spiro atoms. The molecule has 0 N–H and O–H groups in total. The smallest absolute Gasteiger partial charge is 0.000809 e. The first-order valence-corrected chi connectivity index (χ1v) is 5.86. The number of hydrogen-bond donors (Lipinski definition) is 0. The van der Waals surface area contributed by atoms with Gasteiger partial charge in [-0.05, 0) is 66.1 Å². The first kappa shape index (κ1) is 9.65. The van der Waals surface area contributed by atoms with E-state index in [0.717, 1.165) is 6.42 Å². The van der Waals surface area contributed by atoms with Crippen LogP contribution in [0.4, 0.5) is 0 Å². The van der Waals surface area contributed by atoms with Gasteiger partial charge in [-0.3, -0.25) is 0 Å². The summed E-state index contributed by atoms with van der Waals surface area (Å²) in [5.74, 6) is 0. The van der Waals surface area contributed by atoms with Crippen LogP contribution in [0.3, 0.4) is 0 Å². The Labute approximate surface area is 96.9 Å². The fraction of sp³-hybridized carbons (Fsp3) is 0.250. The summed E-state index contributed by atoms with van der Waals surface area (Å²) in [5.41, 5.74) is 10.3. The van der Waals surface area contributed by atoms with Gasteiger partial charge in [-0.15, -0.1) is 0 Å². The van der Waals surface area contributed by atoms with Gasteiger partial charge in [0.1, 0.15) is 0 Å². The molecule has 0 unspecified atom stereocenters. The van der Waals surface area contributed by atoms with Crippen LogP contribution >= 0.6 is 0 Å². The van der Waals surface area contributed by atoms with Crippen molar-refractivity contribution < 1.29 is 0 Å². The van der Waals surface area contributed by atoms with Crippen LogP contribution in [0.25, 0.3) is 11.1 Å². The molecule has 0 bridgehead atoms. The van der Waals surface area contributed by atoms with Gasteiger partial charge in [-0.1, -0.05) is 30.3 Å². The average Bonchev–Trinajstić information content (AvgIpc) is 2.66. The van der Waals surface area contributed by atoms with E-state index in [4.69, 9.17) is 0 Å². The minimum absolute atomic E-state index is 1.12. The SMILES string of the molecule is Cc1cccc2c1Cc1c(C)ccc(C)c1-2. The molecule has 0 heteroatoms. The number of hydrogen-bond acceptors (Lipinski definition) is 0. The molecular weight excluding hydrogens is 192 g/mol. The van der Waals surface area contributed by atoms with E-state index in [0.29, 0.717) is 0 Å². The third kappa shape index (κ3) is 1.16. The third-order valence-electron chi connectivity index (χ3n) is 3.79. The molecule has 0 saturated heterocycles. The minimum atomic E-state index is 1.12. The fourth-order valence-electron chi connectivity index (χ4n) is 2.82. The van der Waals surface area contributed by atoms with Crippen molar-refractivity contribution in [3.63, 3.8) is 0 Å². The highest BCUT2D eigenvalue weighted by Gasteiger charge is 2.22. The van der Waals surface area contributed by atoms with Crippen molar-refractivity contribution in [2.45, 2.75) is 27.2 Å². The fourth-order valence-corrected chi connectivity index (χ4v) is 2.82. The van der Waals surface area contributed by atoms with E-state index in [1.54, 1.807) is 0 Å². The van der Waals surface area contributed by atoms with Gasteiger partial charge >= 0.3 is 0 Å². The molecule has 0 aromatic heterocycles. The highest BCUT2D eigenvalue weighted by Crippen LogP contribution is 2.41. The van der Waals surface area contributed by atoms with Crippen LogP contribution < -0.4 is 0 Å². The van der Waals surface area contributed by atoms with E-state index in [-0.39, 0.29) is 0 Å². The van der Waals surface area contributed by atoms with Crippen LogP contribution in [0.2, 0.25) is 0 Å². The second-order valence-electron chi connectivity index (χ2n) is 4.83. The minimum Gasteiger partial charge on any atom is -0.0614 e. The Kier molecular flexibility index (Phi) is 1.94. The number of benzene rings is 2. The molecule has 2 aromatic rings. The normalized spacial score (nSPS) is 12.4. The first-order chi connectivity index (χ1) is 7.68. The second-order valence-corrected chi connectivity index (χ2v) is 4.83. The molecule has 3 rings (SSSR count). The molecule has 1 aliphatic carbocycles. The van der Waals surface area contributed by atoms with Crippen LogP contribution in [0.15, 0.2) is 30.3 Å². The van der Waals surface area contributed by atoms with Crippen LogP contribution in [-0.2, 0) is 6.42 Å². The zero-order valence-electron chi connectivity index (χ0n) is 10.1. The van der Waals surface area contributed by atoms with E-state index in [2.05, 4.69) is 51.1 Å². The Balaban J connectivity index is 2.37. The molecule has 2 aromatic carbocycles. The van der Waals surface area contributed by atoms with Crippen molar-refractivity contribution in [2.24, 2.45) is 0 Å². The molecular formula is C16H16. The summed E-state index contributed by atoms with van der Waals surface area (Å²) in [6.07, 6.45) is 1.12. The molecule has 1 aliphatic rings. The Morgan fingerprint density at radius 3 is 2.25 bits per heavy atom. The zero-order chi connectivity index (χ0) is 11.3. The van der Waals surface area contributed by atoms with E-state index < -0.39 is 0 Å². The van der Waals surface area contributed by atoms with Gasteiger partial charge in [0, 0.05) is 0 Å². The predicted octanol–water partition coefficient (Wildman–Crippen LogP) is 4.18. The van der Waals surface area contributed by atoms with E-state index in [1.165, 1.54) is 38.9 Å². The first-order valence-electron chi connectivity index (χ1n) is 5.86. The summed E-state index contributed by atoms with van der Waals surface area (Å²) >= 11 is 0. The molecule has 0 fully saturated rings. The lowest BCUT2D eigenvalue weighted by Crippen LogP contribution is -1.88. The molecule has 0 radical (unpaired) electrons. The maximum atomic E-state index is 2.26. The molecule has 16 heavy (non-hydrogen) atoms. The van der Waals surface area contributed by atoms with E-state index >= 15 is 0 Å². The van der Waals surface area contributed by atoms with Crippen molar-refractivity contribution in [2.75, 3.05) is 0 Å².